The number of benzene rings is 1. The van der Waals surface area contributed by atoms with Crippen molar-refractivity contribution in [3.05, 3.63) is 46.7 Å². The summed E-state index contributed by atoms with van der Waals surface area (Å²) in [5.74, 6) is 0.370. The SMILES string of the molecule is Cc1cccc(C(=O)NCC(C)(CC2CC2)C2=CNC(C(F)(F)F)N=C2)c1C. The molecule has 1 saturated carbocycles. The number of aryl methyl sites for hydroxylation is 1. The second-order valence-corrected chi connectivity index (χ2v) is 8.13. The van der Waals surface area contributed by atoms with Crippen LogP contribution in [0.25, 0.3) is 0 Å². The van der Waals surface area contributed by atoms with Crippen LogP contribution in [0.5, 0.6) is 0 Å². The Kier molecular flexibility index (Phi) is 5.55. The molecule has 1 aromatic carbocycles. The third kappa shape index (κ3) is 4.56. The van der Waals surface area contributed by atoms with E-state index >= 15 is 0 Å². The van der Waals surface area contributed by atoms with Gasteiger partial charge in [0.25, 0.3) is 5.91 Å². The van der Waals surface area contributed by atoms with Crippen LogP contribution in [0.1, 0.15) is 47.7 Å². The van der Waals surface area contributed by atoms with Crippen LogP contribution in [0.2, 0.25) is 0 Å². The number of alkyl halides is 3. The highest BCUT2D eigenvalue weighted by Crippen LogP contribution is 2.43. The summed E-state index contributed by atoms with van der Waals surface area (Å²) in [7, 11) is 0. The lowest BCUT2D eigenvalue weighted by molar-refractivity contribution is -0.151. The van der Waals surface area contributed by atoms with Gasteiger partial charge < -0.3 is 10.6 Å². The molecule has 0 aromatic heterocycles. The number of carbonyl (C=O) groups is 1. The van der Waals surface area contributed by atoms with Gasteiger partial charge in [-0.3, -0.25) is 9.79 Å². The molecule has 1 aliphatic carbocycles. The molecule has 152 valence electrons. The van der Waals surface area contributed by atoms with Crippen LogP contribution in [0, 0.1) is 25.2 Å². The van der Waals surface area contributed by atoms with Gasteiger partial charge in [-0.05, 0) is 49.0 Å². The summed E-state index contributed by atoms with van der Waals surface area (Å²) in [4.78, 5) is 16.3. The van der Waals surface area contributed by atoms with Crippen molar-refractivity contribution in [2.24, 2.45) is 16.3 Å². The second kappa shape index (κ2) is 7.60. The summed E-state index contributed by atoms with van der Waals surface area (Å²) in [6.07, 6.45) is -0.601. The summed E-state index contributed by atoms with van der Waals surface area (Å²) in [5.41, 5.74) is 2.79. The van der Waals surface area contributed by atoms with Crippen LogP contribution in [-0.2, 0) is 0 Å². The average molecular weight is 393 g/mol. The van der Waals surface area contributed by atoms with Crippen molar-refractivity contribution in [2.45, 2.75) is 52.4 Å². The lowest BCUT2D eigenvalue weighted by Crippen LogP contribution is -2.43. The summed E-state index contributed by atoms with van der Waals surface area (Å²) in [5, 5.41) is 5.33. The van der Waals surface area contributed by atoms with E-state index in [-0.39, 0.29) is 5.91 Å². The fourth-order valence-electron chi connectivity index (χ4n) is 3.53. The number of amides is 1. The molecule has 1 amide bonds. The minimum Gasteiger partial charge on any atom is -0.362 e. The Labute approximate surface area is 163 Å². The molecule has 1 aromatic rings. The lowest BCUT2D eigenvalue weighted by Gasteiger charge is -2.34. The molecule has 2 atom stereocenters. The average Bonchev–Trinajstić information content (AvgIpc) is 3.45. The molecule has 0 radical (unpaired) electrons. The maximum Gasteiger partial charge on any atom is 0.429 e. The molecule has 1 fully saturated rings. The normalized spacial score (nSPS) is 21.5. The second-order valence-electron chi connectivity index (χ2n) is 8.13. The zero-order valence-corrected chi connectivity index (χ0v) is 16.4. The molecule has 1 aliphatic heterocycles. The quantitative estimate of drug-likeness (QED) is 0.758. The van der Waals surface area contributed by atoms with E-state index in [9.17, 15) is 18.0 Å². The van der Waals surface area contributed by atoms with Gasteiger partial charge in [0.15, 0.2) is 0 Å². The van der Waals surface area contributed by atoms with Gasteiger partial charge in [0, 0.05) is 29.9 Å². The smallest absolute Gasteiger partial charge is 0.362 e. The van der Waals surface area contributed by atoms with Gasteiger partial charge >= 0.3 is 6.18 Å². The van der Waals surface area contributed by atoms with E-state index in [0.717, 1.165) is 30.4 Å². The van der Waals surface area contributed by atoms with E-state index < -0.39 is 17.8 Å². The zero-order chi connectivity index (χ0) is 20.5. The Hall–Kier alpha value is -2.31. The predicted molar refractivity (Wildman–Crippen MR) is 103 cm³/mol. The van der Waals surface area contributed by atoms with Crippen molar-refractivity contribution >= 4 is 12.1 Å². The van der Waals surface area contributed by atoms with Crippen molar-refractivity contribution in [3.63, 3.8) is 0 Å². The number of hydrogen-bond donors (Lipinski definition) is 2. The third-order valence-electron chi connectivity index (χ3n) is 5.69. The van der Waals surface area contributed by atoms with Gasteiger partial charge in [-0.1, -0.05) is 31.9 Å². The molecule has 3 rings (SSSR count). The maximum atomic E-state index is 12.8. The number of hydrogen-bond acceptors (Lipinski definition) is 3. The summed E-state index contributed by atoms with van der Waals surface area (Å²) in [6.45, 7) is 6.18. The molecule has 0 bridgehead atoms. The van der Waals surface area contributed by atoms with E-state index in [1.54, 1.807) is 6.07 Å². The highest BCUT2D eigenvalue weighted by molar-refractivity contribution is 5.96. The number of halogens is 3. The number of aliphatic imine (C=N–C) groups is 1. The number of carbonyl (C=O) groups excluding carboxylic acids is 1. The summed E-state index contributed by atoms with van der Waals surface area (Å²) >= 11 is 0. The van der Waals surface area contributed by atoms with Gasteiger partial charge in [-0.2, -0.15) is 13.2 Å². The molecule has 4 nitrogen and oxygen atoms in total. The molecule has 0 saturated heterocycles. The van der Waals surface area contributed by atoms with Gasteiger partial charge in [-0.15, -0.1) is 0 Å². The highest BCUT2D eigenvalue weighted by Gasteiger charge is 2.42. The Morgan fingerprint density at radius 1 is 1.29 bits per heavy atom. The number of nitrogens with one attached hydrogen (secondary N) is 2. The predicted octanol–water partition coefficient (Wildman–Crippen LogP) is 4.29. The molecular weight excluding hydrogens is 367 g/mol. The van der Waals surface area contributed by atoms with Gasteiger partial charge in [0.2, 0.25) is 6.17 Å². The summed E-state index contributed by atoms with van der Waals surface area (Å²) in [6, 6.07) is 5.58. The van der Waals surface area contributed by atoms with E-state index in [2.05, 4.69) is 15.6 Å². The molecule has 7 heteroatoms. The molecule has 2 unspecified atom stereocenters. The maximum absolute atomic E-state index is 12.8. The van der Waals surface area contributed by atoms with E-state index in [1.807, 2.05) is 32.9 Å². The molecule has 1 heterocycles. The van der Waals surface area contributed by atoms with Crippen LogP contribution in [0.15, 0.2) is 35.0 Å². The van der Waals surface area contributed by atoms with Crippen LogP contribution < -0.4 is 10.6 Å². The van der Waals surface area contributed by atoms with Crippen LogP contribution in [0.4, 0.5) is 13.2 Å². The van der Waals surface area contributed by atoms with Crippen molar-refractivity contribution < 1.29 is 18.0 Å². The first kappa shape index (κ1) is 20.4. The van der Waals surface area contributed by atoms with Crippen LogP contribution in [-0.4, -0.2) is 31.0 Å². The molecule has 28 heavy (non-hydrogen) atoms. The first-order valence-electron chi connectivity index (χ1n) is 9.51. The topological polar surface area (TPSA) is 53.5 Å². The van der Waals surface area contributed by atoms with Crippen molar-refractivity contribution in [1.29, 1.82) is 0 Å². The molecular formula is C21H26F3N3O. The largest absolute Gasteiger partial charge is 0.429 e. The Bertz CT molecular complexity index is 812. The highest BCUT2D eigenvalue weighted by atomic mass is 19.4. The first-order chi connectivity index (χ1) is 13.1. The van der Waals surface area contributed by atoms with E-state index in [1.165, 1.54) is 12.4 Å². The van der Waals surface area contributed by atoms with E-state index in [4.69, 9.17) is 0 Å². The fourth-order valence-corrected chi connectivity index (χ4v) is 3.53. The Balaban J connectivity index is 1.73. The van der Waals surface area contributed by atoms with Gasteiger partial charge in [0.1, 0.15) is 0 Å². The standard InChI is InChI=1S/C21H26F3N3O/c1-13-5-4-6-17(14(13)2)18(28)27-12-20(3,9-15-7-8-15)16-10-25-19(26-11-16)21(22,23)24/h4-6,10-11,15,19,25H,7-9,12H2,1-3H3,(H,27,28). The monoisotopic (exact) mass is 393 g/mol. The van der Waals surface area contributed by atoms with Crippen molar-refractivity contribution in [1.82, 2.24) is 10.6 Å². The zero-order valence-electron chi connectivity index (χ0n) is 16.4. The number of nitrogens with zero attached hydrogens (tertiary/aromatic N) is 1. The van der Waals surface area contributed by atoms with Crippen LogP contribution in [0.3, 0.4) is 0 Å². The van der Waals surface area contributed by atoms with Gasteiger partial charge in [-0.25, -0.2) is 0 Å². The summed E-state index contributed by atoms with van der Waals surface area (Å²) < 4.78 is 38.5. The molecule has 2 aliphatic rings. The number of rotatable bonds is 6. The molecule has 0 spiro atoms. The van der Waals surface area contributed by atoms with Crippen molar-refractivity contribution in [2.75, 3.05) is 6.54 Å². The van der Waals surface area contributed by atoms with E-state index in [0.29, 0.717) is 23.6 Å². The lowest BCUT2D eigenvalue weighted by atomic mass is 9.77. The van der Waals surface area contributed by atoms with Gasteiger partial charge in [0.05, 0.1) is 0 Å². The molecule has 2 N–H and O–H groups in total. The fraction of sp³-hybridized carbons (Fsp3) is 0.524. The minimum absolute atomic E-state index is 0.169. The van der Waals surface area contributed by atoms with Crippen LogP contribution >= 0.6 is 0 Å². The Morgan fingerprint density at radius 2 is 2.00 bits per heavy atom. The minimum atomic E-state index is -4.43. The first-order valence-corrected chi connectivity index (χ1v) is 9.51. The van der Waals surface area contributed by atoms with Crippen molar-refractivity contribution in [3.8, 4) is 0 Å². The third-order valence-corrected chi connectivity index (χ3v) is 5.69. The Morgan fingerprint density at radius 3 is 2.57 bits per heavy atom.